The number of piperidine rings is 1. The van der Waals surface area contributed by atoms with Crippen molar-refractivity contribution in [1.82, 2.24) is 19.8 Å². The van der Waals surface area contributed by atoms with Gasteiger partial charge in [0.1, 0.15) is 0 Å². The van der Waals surface area contributed by atoms with Crippen LogP contribution in [0.25, 0.3) is 10.8 Å². The Kier molecular flexibility index (Phi) is 5.32. The molecule has 1 unspecified atom stereocenters. The van der Waals surface area contributed by atoms with Crippen molar-refractivity contribution in [2.75, 3.05) is 13.1 Å². The van der Waals surface area contributed by atoms with Gasteiger partial charge in [0, 0.05) is 56.2 Å². The average Bonchev–Trinajstić information content (AvgIpc) is 3.64. The smallest absolute Gasteiger partial charge is 0.250 e. The van der Waals surface area contributed by atoms with Crippen molar-refractivity contribution >= 4 is 16.7 Å². The molecule has 1 saturated heterocycles. The van der Waals surface area contributed by atoms with Crippen LogP contribution in [0.3, 0.4) is 0 Å². The lowest BCUT2D eigenvalue weighted by atomic mass is 9.80. The van der Waals surface area contributed by atoms with Crippen LogP contribution in [0.5, 0.6) is 0 Å². The third-order valence-corrected chi connectivity index (χ3v) is 6.74. The molecule has 2 atom stereocenters. The fraction of sp³-hybridized carbons (Fsp3) is 0.400. The van der Waals surface area contributed by atoms with E-state index in [1.54, 1.807) is 17.7 Å². The van der Waals surface area contributed by atoms with Gasteiger partial charge in [-0.2, -0.15) is 0 Å². The SMILES string of the molecule is Cn1ccc([C@H]2CCNCC2C(=O)N(Cc2cccc3cnccc23)C2CC2)cc1=O. The number of hydrogen-bond acceptors (Lipinski definition) is 4. The predicted molar refractivity (Wildman–Crippen MR) is 121 cm³/mol. The highest BCUT2D eigenvalue weighted by Gasteiger charge is 2.40. The number of pyridine rings is 2. The van der Waals surface area contributed by atoms with Crippen molar-refractivity contribution in [2.45, 2.75) is 37.8 Å². The van der Waals surface area contributed by atoms with Crippen LogP contribution in [-0.4, -0.2) is 39.5 Å². The lowest BCUT2D eigenvalue weighted by Crippen LogP contribution is -2.47. The maximum Gasteiger partial charge on any atom is 0.250 e. The molecule has 1 N–H and O–H groups in total. The maximum atomic E-state index is 13.8. The van der Waals surface area contributed by atoms with Gasteiger partial charge in [0.2, 0.25) is 5.91 Å². The zero-order valence-electron chi connectivity index (χ0n) is 17.8. The van der Waals surface area contributed by atoms with Crippen LogP contribution in [0.2, 0.25) is 0 Å². The summed E-state index contributed by atoms with van der Waals surface area (Å²) in [5.74, 6) is 0.116. The molecule has 6 nitrogen and oxygen atoms in total. The number of nitrogens with zero attached hydrogens (tertiary/aromatic N) is 3. The number of aromatic nitrogens is 2. The second kappa shape index (κ2) is 8.27. The van der Waals surface area contributed by atoms with Crippen molar-refractivity contribution in [3.63, 3.8) is 0 Å². The second-order valence-corrected chi connectivity index (χ2v) is 8.83. The Morgan fingerprint density at radius 2 is 2.10 bits per heavy atom. The lowest BCUT2D eigenvalue weighted by Gasteiger charge is -2.36. The summed E-state index contributed by atoms with van der Waals surface area (Å²) in [6.45, 7) is 2.13. The van der Waals surface area contributed by atoms with E-state index in [9.17, 15) is 9.59 Å². The van der Waals surface area contributed by atoms with Gasteiger partial charge >= 0.3 is 0 Å². The molecule has 2 aromatic heterocycles. The zero-order chi connectivity index (χ0) is 21.4. The Morgan fingerprint density at radius 3 is 2.90 bits per heavy atom. The topological polar surface area (TPSA) is 67.2 Å². The Bertz CT molecular complexity index is 1160. The van der Waals surface area contributed by atoms with Gasteiger partial charge in [-0.1, -0.05) is 18.2 Å². The van der Waals surface area contributed by atoms with E-state index in [1.807, 2.05) is 36.8 Å². The number of hydrogen-bond donors (Lipinski definition) is 1. The number of fused-ring (bicyclic) bond motifs is 1. The van der Waals surface area contributed by atoms with Crippen molar-refractivity contribution in [3.05, 3.63) is 76.5 Å². The van der Waals surface area contributed by atoms with E-state index in [2.05, 4.69) is 27.3 Å². The monoisotopic (exact) mass is 416 g/mol. The van der Waals surface area contributed by atoms with E-state index in [0.29, 0.717) is 19.1 Å². The Morgan fingerprint density at radius 1 is 1.23 bits per heavy atom. The summed E-state index contributed by atoms with van der Waals surface area (Å²) in [6, 6.07) is 12.3. The molecule has 6 heteroatoms. The third kappa shape index (κ3) is 4.00. The average molecular weight is 417 g/mol. The van der Waals surface area contributed by atoms with Crippen molar-refractivity contribution in [3.8, 4) is 0 Å². The van der Waals surface area contributed by atoms with E-state index in [0.717, 1.165) is 47.7 Å². The number of nitrogens with one attached hydrogen (secondary N) is 1. The molecule has 1 aliphatic heterocycles. The van der Waals surface area contributed by atoms with Crippen molar-refractivity contribution in [1.29, 1.82) is 0 Å². The number of benzene rings is 1. The van der Waals surface area contributed by atoms with Crippen molar-refractivity contribution < 1.29 is 4.79 Å². The Labute approximate surface area is 181 Å². The molecule has 2 aliphatic rings. The van der Waals surface area contributed by atoms with Gasteiger partial charge < -0.3 is 14.8 Å². The largest absolute Gasteiger partial charge is 0.335 e. The molecule has 0 spiro atoms. The minimum atomic E-state index is -0.155. The Balaban J connectivity index is 1.45. The number of rotatable bonds is 5. The van der Waals surface area contributed by atoms with E-state index in [1.165, 1.54) is 0 Å². The molecule has 1 amide bonds. The molecule has 1 aromatic carbocycles. The summed E-state index contributed by atoms with van der Waals surface area (Å²) in [5, 5.41) is 5.66. The van der Waals surface area contributed by atoms with Gasteiger partial charge in [0.05, 0.1) is 5.92 Å². The van der Waals surface area contributed by atoms with Crippen LogP contribution in [0.15, 0.2) is 59.8 Å². The van der Waals surface area contributed by atoms with Crippen LogP contribution in [0, 0.1) is 5.92 Å². The fourth-order valence-electron chi connectivity index (χ4n) is 4.81. The molecule has 160 valence electrons. The molecule has 1 aliphatic carbocycles. The number of amides is 1. The molecule has 0 bridgehead atoms. The molecular formula is C25H28N4O2. The first-order valence-corrected chi connectivity index (χ1v) is 11.1. The van der Waals surface area contributed by atoms with Crippen LogP contribution in [0.4, 0.5) is 0 Å². The quantitative estimate of drug-likeness (QED) is 0.695. The summed E-state index contributed by atoms with van der Waals surface area (Å²) < 4.78 is 1.58. The zero-order valence-corrected chi connectivity index (χ0v) is 17.8. The minimum Gasteiger partial charge on any atom is -0.335 e. The summed E-state index contributed by atoms with van der Waals surface area (Å²) in [6.07, 6.45) is 8.49. The van der Waals surface area contributed by atoms with Gasteiger partial charge in [-0.25, -0.2) is 0 Å². The molecule has 2 fully saturated rings. The standard InChI is InChI=1S/C25H28N4O2/c1-28-12-9-17(13-24(28)30)22-8-11-27-15-23(22)25(31)29(20-5-6-20)16-19-4-2-3-18-14-26-10-7-21(18)19/h2-4,7,9-10,12-14,20,22-23,27H,5-6,8,11,15-16H2,1H3/t22-,23?/m1/s1. The lowest BCUT2D eigenvalue weighted by molar-refractivity contribution is -0.138. The van der Waals surface area contributed by atoms with Gasteiger partial charge in [-0.15, -0.1) is 0 Å². The molecule has 3 heterocycles. The number of aryl methyl sites for hydroxylation is 1. The molecule has 3 aromatic rings. The second-order valence-electron chi connectivity index (χ2n) is 8.83. The van der Waals surface area contributed by atoms with Crippen LogP contribution in [-0.2, 0) is 18.4 Å². The molecule has 0 radical (unpaired) electrons. The van der Waals surface area contributed by atoms with Gasteiger partial charge in [0.15, 0.2) is 0 Å². The van der Waals surface area contributed by atoms with Crippen LogP contribution >= 0.6 is 0 Å². The summed E-state index contributed by atoms with van der Waals surface area (Å²) in [5.41, 5.74) is 2.12. The van der Waals surface area contributed by atoms with Crippen molar-refractivity contribution in [2.24, 2.45) is 13.0 Å². The highest BCUT2D eigenvalue weighted by molar-refractivity contribution is 5.86. The highest BCUT2D eigenvalue weighted by Crippen LogP contribution is 2.36. The summed E-state index contributed by atoms with van der Waals surface area (Å²) in [7, 11) is 1.76. The molecular weight excluding hydrogens is 388 g/mol. The number of carbonyl (C=O) groups is 1. The number of carbonyl (C=O) groups excluding carboxylic acids is 1. The van der Waals surface area contributed by atoms with E-state index in [-0.39, 0.29) is 23.3 Å². The van der Waals surface area contributed by atoms with E-state index in [4.69, 9.17) is 0 Å². The summed E-state index contributed by atoms with van der Waals surface area (Å²) in [4.78, 5) is 32.4. The predicted octanol–water partition coefficient (Wildman–Crippen LogP) is 2.82. The molecule has 31 heavy (non-hydrogen) atoms. The minimum absolute atomic E-state index is 0.0226. The van der Waals surface area contributed by atoms with E-state index < -0.39 is 0 Å². The fourth-order valence-corrected chi connectivity index (χ4v) is 4.81. The van der Waals surface area contributed by atoms with Crippen LogP contribution in [0.1, 0.15) is 36.3 Å². The third-order valence-electron chi connectivity index (χ3n) is 6.74. The summed E-state index contributed by atoms with van der Waals surface area (Å²) >= 11 is 0. The van der Waals surface area contributed by atoms with E-state index >= 15 is 0 Å². The Hall–Kier alpha value is -2.99. The van der Waals surface area contributed by atoms with Crippen LogP contribution < -0.4 is 10.9 Å². The first-order chi connectivity index (χ1) is 15.1. The van der Waals surface area contributed by atoms with Gasteiger partial charge in [0.25, 0.3) is 5.56 Å². The first-order valence-electron chi connectivity index (χ1n) is 11.1. The van der Waals surface area contributed by atoms with Gasteiger partial charge in [-0.05, 0) is 60.4 Å². The first kappa shape index (κ1) is 19.9. The maximum absolute atomic E-state index is 13.8. The normalized spacial score (nSPS) is 21.2. The molecule has 1 saturated carbocycles. The molecule has 5 rings (SSSR count). The highest BCUT2D eigenvalue weighted by atomic mass is 16.2. The van der Waals surface area contributed by atoms with Gasteiger partial charge in [-0.3, -0.25) is 14.6 Å².